The smallest absolute Gasteiger partial charge is 0.264 e. The zero-order chi connectivity index (χ0) is 28.9. The molecule has 1 aliphatic carbocycles. The summed E-state index contributed by atoms with van der Waals surface area (Å²) in [7, 11) is -4.21. The van der Waals surface area contributed by atoms with Crippen LogP contribution in [0, 0.1) is 12.7 Å². The van der Waals surface area contributed by atoms with E-state index in [1.807, 2.05) is 6.92 Å². The topological polar surface area (TPSA) is 86.8 Å². The first kappa shape index (κ1) is 29.6. The number of sulfonamides is 1. The van der Waals surface area contributed by atoms with Gasteiger partial charge in [-0.05, 0) is 80.8 Å². The van der Waals surface area contributed by atoms with Crippen LogP contribution in [-0.2, 0) is 26.2 Å². The van der Waals surface area contributed by atoms with Crippen LogP contribution in [0.25, 0.3) is 0 Å². The number of hydrogen-bond acceptors (Lipinski definition) is 4. The maximum Gasteiger partial charge on any atom is 0.264 e. The number of nitrogens with zero attached hydrogens (tertiary/aromatic N) is 2. The molecule has 3 aromatic carbocycles. The number of hydrogen-bond donors (Lipinski definition) is 1. The molecular weight excluding hydrogens is 553 g/mol. The highest BCUT2D eigenvalue weighted by Gasteiger charge is 2.33. The number of rotatable bonds is 10. The summed E-state index contributed by atoms with van der Waals surface area (Å²) in [5.41, 5.74) is 1.73. The molecule has 0 heterocycles. The SMILES string of the molecule is Cc1ccc(S(=O)(=O)N(CC(=O)N(Cc2ccc(Cl)cc2)[C@H](C)C(=O)NC2CCCC2)c2ccc(F)cc2)cc1. The van der Waals surface area contributed by atoms with Crippen LogP contribution >= 0.6 is 11.6 Å². The van der Waals surface area contributed by atoms with Crippen molar-refractivity contribution in [3.05, 3.63) is 94.8 Å². The summed E-state index contributed by atoms with van der Waals surface area (Å²) in [6.45, 7) is 2.95. The number of aryl methyl sites for hydroxylation is 1. The quantitative estimate of drug-likeness (QED) is 0.342. The Labute approximate surface area is 240 Å². The van der Waals surface area contributed by atoms with Gasteiger partial charge in [-0.25, -0.2) is 12.8 Å². The Balaban J connectivity index is 1.67. The van der Waals surface area contributed by atoms with E-state index in [0.717, 1.165) is 53.2 Å². The van der Waals surface area contributed by atoms with Crippen molar-refractivity contribution in [1.82, 2.24) is 10.2 Å². The van der Waals surface area contributed by atoms with Gasteiger partial charge in [-0.2, -0.15) is 0 Å². The van der Waals surface area contributed by atoms with Crippen molar-refractivity contribution in [2.75, 3.05) is 10.8 Å². The molecule has 0 spiro atoms. The van der Waals surface area contributed by atoms with E-state index in [2.05, 4.69) is 5.32 Å². The van der Waals surface area contributed by atoms with Gasteiger partial charge in [0.1, 0.15) is 18.4 Å². The number of carbonyl (C=O) groups excluding carboxylic acids is 2. The minimum absolute atomic E-state index is 0.00787. The fraction of sp³-hybridized carbons (Fsp3) is 0.333. The normalized spacial score (nSPS) is 14.5. The predicted octanol–water partition coefficient (Wildman–Crippen LogP) is 5.46. The van der Waals surface area contributed by atoms with Crippen LogP contribution in [0.15, 0.2) is 77.7 Å². The Morgan fingerprint density at radius 1 is 0.975 bits per heavy atom. The molecule has 1 fully saturated rings. The second-order valence-electron chi connectivity index (χ2n) is 10.1. The van der Waals surface area contributed by atoms with Crippen molar-refractivity contribution in [2.45, 2.75) is 63.1 Å². The van der Waals surface area contributed by atoms with Crippen LogP contribution in [0.2, 0.25) is 5.02 Å². The molecule has 0 saturated heterocycles. The highest BCUT2D eigenvalue weighted by Crippen LogP contribution is 2.26. The first-order chi connectivity index (χ1) is 19.0. The Kier molecular flexibility index (Phi) is 9.48. The van der Waals surface area contributed by atoms with Crippen molar-refractivity contribution in [3.63, 3.8) is 0 Å². The molecule has 0 unspecified atom stereocenters. The van der Waals surface area contributed by atoms with E-state index < -0.39 is 34.3 Å². The lowest BCUT2D eigenvalue weighted by atomic mass is 10.1. The van der Waals surface area contributed by atoms with Gasteiger partial charge in [-0.3, -0.25) is 13.9 Å². The number of nitrogens with one attached hydrogen (secondary N) is 1. The summed E-state index contributed by atoms with van der Waals surface area (Å²) in [6.07, 6.45) is 3.85. The molecule has 212 valence electrons. The maximum atomic E-state index is 13.9. The number of benzene rings is 3. The van der Waals surface area contributed by atoms with E-state index >= 15 is 0 Å². The minimum atomic E-state index is -4.21. The molecular formula is C30H33ClFN3O4S. The molecule has 10 heteroatoms. The summed E-state index contributed by atoms with van der Waals surface area (Å²) in [4.78, 5) is 28.5. The molecule has 1 N–H and O–H groups in total. The maximum absolute atomic E-state index is 13.9. The Bertz CT molecular complexity index is 1430. The number of halogens is 2. The monoisotopic (exact) mass is 585 g/mol. The van der Waals surface area contributed by atoms with Gasteiger partial charge in [0.15, 0.2) is 0 Å². The summed E-state index contributed by atoms with van der Waals surface area (Å²) in [5.74, 6) is -1.42. The van der Waals surface area contributed by atoms with Crippen molar-refractivity contribution in [3.8, 4) is 0 Å². The van der Waals surface area contributed by atoms with Gasteiger partial charge in [0.05, 0.1) is 10.6 Å². The average Bonchev–Trinajstić information content (AvgIpc) is 3.44. The largest absolute Gasteiger partial charge is 0.352 e. The van der Waals surface area contributed by atoms with Gasteiger partial charge >= 0.3 is 0 Å². The number of anilines is 1. The summed E-state index contributed by atoms with van der Waals surface area (Å²) >= 11 is 6.04. The Hall–Kier alpha value is -3.43. The van der Waals surface area contributed by atoms with E-state index in [4.69, 9.17) is 11.6 Å². The molecule has 0 aliphatic heterocycles. The van der Waals surface area contributed by atoms with E-state index in [-0.39, 0.29) is 29.1 Å². The highest BCUT2D eigenvalue weighted by atomic mass is 35.5. The van der Waals surface area contributed by atoms with Gasteiger partial charge in [-0.1, -0.05) is 54.3 Å². The standard InChI is InChI=1S/C30H33ClFN3O4S/c1-21-7-17-28(18-8-21)40(38,39)35(27-15-13-25(32)14-16-27)20-29(36)34(19-23-9-11-24(31)12-10-23)22(2)30(37)33-26-5-3-4-6-26/h7-18,22,26H,3-6,19-20H2,1-2H3,(H,33,37)/t22-/m1/s1. The van der Waals surface area contributed by atoms with Gasteiger partial charge in [0, 0.05) is 17.6 Å². The van der Waals surface area contributed by atoms with Gasteiger partial charge < -0.3 is 10.2 Å². The Morgan fingerprint density at radius 2 is 1.57 bits per heavy atom. The molecule has 1 aliphatic rings. The van der Waals surface area contributed by atoms with Gasteiger partial charge in [0.25, 0.3) is 10.0 Å². The lowest BCUT2D eigenvalue weighted by molar-refractivity contribution is -0.139. The van der Waals surface area contributed by atoms with E-state index in [9.17, 15) is 22.4 Å². The van der Waals surface area contributed by atoms with Gasteiger partial charge in [0.2, 0.25) is 11.8 Å². The number of amides is 2. The summed E-state index contributed by atoms with van der Waals surface area (Å²) < 4.78 is 42.3. The fourth-order valence-electron chi connectivity index (χ4n) is 4.73. The van der Waals surface area contributed by atoms with Crippen molar-refractivity contribution in [2.24, 2.45) is 0 Å². The third kappa shape index (κ3) is 7.20. The molecule has 0 bridgehead atoms. The lowest BCUT2D eigenvalue weighted by Gasteiger charge is -2.32. The Morgan fingerprint density at radius 3 is 2.17 bits per heavy atom. The first-order valence-electron chi connectivity index (χ1n) is 13.2. The molecule has 2 amide bonds. The first-order valence-corrected chi connectivity index (χ1v) is 15.1. The molecule has 0 radical (unpaired) electrons. The number of carbonyl (C=O) groups is 2. The van der Waals surface area contributed by atoms with Crippen LogP contribution in [0.5, 0.6) is 0 Å². The van der Waals surface area contributed by atoms with Crippen LogP contribution in [0.4, 0.5) is 10.1 Å². The highest BCUT2D eigenvalue weighted by molar-refractivity contribution is 7.92. The third-order valence-corrected chi connectivity index (χ3v) is 9.18. The van der Waals surface area contributed by atoms with Crippen molar-refractivity contribution in [1.29, 1.82) is 0 Å². The molecule has 4 rings (SSSR count). The van der Waals surface area contributed by atoms with Crippen molar-refractivity contribution < 1.29 is 22.4 Å². The van der Waals surface area contributed by atoms with Crippen LogP contribution < -0.4 is 9.62 Å². The van der Waals surface area contributed by atoms with E-state index in [0.29, 0.717) is 5.02 Å². The lowest BCUT2D eigenvalue weighted by Crippen LogP contribution is -2.52. The average molecular weight is 586 g/mol. The minimum Gasteiger partial charge on any atom is -0.352 e. The predicted molar refractivity (Wildman–Crippen MR) is 154 cm³/mol. The molecule has 3 aromatic rings. The van der Waals surface area contributed by atoms with E-state index in [1.54, 1.807) is 43.3 Å². The molecule has 1 saturated carbocycles. The summed E-state index contributed by atoms with van der Waals surface area (Å²) in [6, 6.07) is 17.2. The zero-order valence-corrected chi connectivity index (χ0v) is 24.1. The van der Waals surface area contributed by atoms with E-state index in [1.165, 1.54) is 29.2 Å². The van der Waals surface area contributed by atoms with Crippen LogP contribution in [0.1, 0.15) is 43.7 Å². The van der Waals surface area contributed by atoms with Gasteiger partial charge in [-0.15, -0.1) is 0 Å². The molecule has 1 atom stereocenters. The zero-order valence-electron chi connectivity index (χ0n) is 22.5. The van der Waals surface area contributed by atoms with Crippen molar-refractivity contribution >= 4 is 39.1 Å². The van der Waals surface area contributed by atoms with Crippen LogP contribution in [-0.4, -0.2) is 43.8 Å². The molecule has 40 heavy (non-hydrogen) atoms. The second kappa shape index (κ2) is 12.8. The second-order valence-corrected chi connectivity index (χ2v) is 12.4. The molecule has 7 nitrogen and oxygen atoms in total. The third-order valence-electron chi connectivity index (χ3n) is 7.14. The fourth-order valence-corrected chi connectivity index (χ4v) is 6.27. The molecule has 0 aromatic heterocycles. The van der Waals surface area contributed by atoms with Crippen LogP contribution in [0.3, 0.4) is 0 Å². The summed E-state index contributed by atoms with van der Waals surface area (Å²) in [5, 5.41) is 3.56.